The highest BCUT2D eigenvalue weighted by molar-refractivity contribution is 6.33. The predicted octanol–water partition coefficient (Wildman–Crippen LogP) is 2.55. The Hall–Kier alpha value is -2.40. The predicted molar refractivity (Wildman–Crippen MR) is 78.3 cm³/mol. The molecule has 5 nitrogen and oxygen atoms in total. The molecular weight excluding hydrogens is 276 g/mol. The molecule has 0 fully saturated rings. The Balaban J connectivity index is 1.89. The summed E-state index contributed by atoms with van der Waals surface area (Å²) < 4.78 is 5.33. The standard InChI is InChI=1S/C14H9ClN4O/c15-7-3-4-9-8(6-7)11-12(13(16)17-9)19-14(18-11)10-2-1-5-20-10/h1-6,12H,(H2,16,17). The SMILES string of the molecule is NC1=Nc2ccc(Cl)cc2C2=NC(c3ccco3)=NC12. The van der Waals surface area contributed by atoms with E-state index in [1.807, 2.05) is 18.2 Å². The van der Waals surface area contributed by atoms with Gasteiger partial charge in [-0.1, -0.05) is 11.6 Å². The summed E-state index contributed by atoms with van der Waals surface area (Å²) in [6.07, 6.45) is 1.59. The second-order valence-electron chi connectivity index (χ2n) is 4.53. The van der Waals surface area contributed by atoms with Crippen molar-refractivity contribution in [3.05, 3.63) is 52.9 Å². The van der Waals surface area contributed by atoms with Gasteiger partial charge in [0.2, 0.25) is 0 Å². The quantitative estimate of drug-likeness (QED) is 0.873. The van der Waals surface area contributed by atoms with Crippen LogP contribution in [0.1, 0.15) is 11.3 Å². The van der Waals surface area contributed by atoms with Gasteiger partial charge in [0, 0.05) is 10.6 Å². The first kappa shape index (κ1) is 11.4. The maximum atomic E-state index is 6.05. The van der Waals surface area contributed by atoms with E-state index in [-0.39, 0.29) is 6.04 Å². The lowest BCUT2D eigenvalue weighted by Crippen LogP contribution is -2.35. The van der Waals surface area contributed by atoms with E-state index in [4.69, 9.17) is 21.8 Å². The van der Waals surface area contributed by atoms with Crippen molar-refractivity contribution in [2.24, 2.45) is 20.7 Å². The fourth-order valence-corrected chi connectivity index (χ4v) is 2.51. The molecule has 0 radical (unpaired) electrons. The van der Waals surface area contributed by atoms with Crippen molar-refractivity contribution in [1.29, 1.82) is 0 Å². The molecule has 0 spiro atoms. The number of amidine groups is 2. The third kappa shape index (κ3) is 1.60. The second kappa shape index (κ2) is 4.05. The summed E-state index contributed by atoms with van der Waals surface area (Å²) in [5.74, 6) is 1.57. The van der Waals surface area contributed by atoms with Gasteiger partial charge in [0.15, 0.2) is 17.6 Å². The number of hydrogen-bond donors (Lipinski definition) is 1. The molecular formula is C14H9ClN4O. The Bertz CT molecular complexity index is 790. The lowest BCUT2D eigenvalue weighted by molar-refractivity contribution is 0.557. The van der Waals surface area contributed by atoms with Gasteiger partial charge in [-0.25, -0.2) is 15.0 Å². The van der Waals surface area contributed by atoms with Crippen LogP contribution >= 0.6 is 11.6 Å². The zero-order valence-corrected chi connectivity index (χ0v) is 11.0. The molecule has 20 heavy (non-hydrogen) atoms. The number of rotatable bonds is 1. The number of nitrogens with zero attached hydrogens (tertiary/aromatic N) is 3. The summed E-state index contributed by atoms with van der Waals surface area (Å²) in [4.78, 5) is 13.4. The first-order valence-corrected chi connectivity index (χ1v) is 6.44. The van der Waals surface area contributed by atoms with Gasteiger partial charge in [0.05, 0.1) is 17.7 Å². The van der Waals surface area contributed by atoms with E-state index >= 15 is 0 Å². The highest BCUT2D eigenvalue weighted by Crippen LogP contribution is 2.32. The zero-order valence-electron chi connectivity index (χ0n) is 10.2. The normalized spacial score (nSPS) is 19.9. The summed E-state index contributed by atoms with van der Waals surface area (Å²) in [5, 5.41) is 0.632. The van der Waals surface area contributed by atoms with Crippen LogP contribution in [0.5, 0.6) is 0 Å². The Kier molecular flexibility index (Phi) is 2.31. The molecule has 1 atom stereocenters. The molecule has 2 aliphatic rings. The minimum Gasteiger partial charge on any atom is -0.461 e. The van der Waals surface area contributed by atoms with Crippen molar-refractivity contribution >= 4 is 34.7 Å². The van der Waals surface area contributed by atoms with Crippen LogP contribution in [-0.4, -0.2) is 23.4 Å². The average Bonchev–Trinajstić information content (AvgIpc) is 3.08. The minimum atomic E-state index is -0.360. The van der Waals surface area contributed by atoms with Crippen molar-refractivity contribution < 1.29 is 4.42 Å². The highest BCUT2D eigenvalue weighted by Gasteiger charge is 2.33. The molecule has 0 saturated carbocycles. The van der Waals surface area contributed by atoms with Crippen molar-refractivity contribution in [2.75, 3.05) is 0 Å². The summed E-state index contributed by atoms with van der Waals surface area (Å²) in [6.45, 7) is 0. The maximum absolute atomic E-state index is 6.05. The Morgan fingerprint density at radius 1 is 1.20 bits per heavy atom. The molecule has 1 aromatic carbocycles. The molecule has 0 saturated heterocycles. The molecule has 4 rings (SSSR count). The molecule has 0 aliphatic carbocycles. The molecule has 98 valence electrons. The first-order valence-electron chi connectivity index (χ1n) is 6.06. The molecule has 0 bridgehead atoms. The summed E-state index contributed by atoms with van der Waals surface area (Å²) in [5.41, 5.74) is 8.38. The van der Waals surface area contributed by atoms with Gasteiger partial charge < -0.3 is 10.2 Å². The largest absolute Gasteiger partial charge is 0.461 e. The molecule has 3 heterocycles. The number of fused-ring (bicyclic) bond motifs is 3. The monoisotopic (exact) mass is 284 g/mol. The average molecular weight is 285 g/mol. The van der Waals surface area contributed by atoms with Crippen LogP contribution in [0.2, 0.25) is 5.02 Å². The van der Waals surface area contributed by atoms with Crippen LogP contribution in [0.3, 0.4) is 0 Å². The van der Waals surface area contributed by atoms with E-state index in [9.17, 15) is 0 Å². The third-order valence-corrected chi connectivity index (χ3v) is 3.48. The van der Waals surface area contributed by atoms with E-state index < -0.39 is 0 Å². The number of hydrogen-bond acceptors (Lipinski definition) is 5. The number of furan rings is 1. The Morgan fingerprint density at radius 3 is 2.90 bits per heavy atom. The third-order valence-electron chi connectivity index (χ3n) is 3.24. The summed E-state index contributed by atoms with van der Waals surface area (Å²) in [6, 6.07) is 8.68. The summed E-state index contributed by atoms with van der Waals surface area (Å²) in [7, 11) is 0. The first-order chi connectivity index (χ1) is 9.72. The van der Waals surface area contributed by atoms with Gasteiger partial charge in [-0.15, -0.1) is 0 Å². The van der Waals surface area contributed by atoms with Gasteiger partial charge in [0.1, 0.15) is 5.84 Å². The number of benzene rings is 1. The van der Waals surface area contributed by atoms with Crippen LogP contribution in [0.4, 0.5) is 5.69 Å². The zero-order chi connectivity index (χ0) is 13.7. The van der Waals surface area contributed by atoms with Crippen molar-refractivity contribution in [3.8, 4) is 0 Å². The number of nitrogens with two attached hydrogens (primary N) is 1. The lowest BCUT2D eigenvalue weighted by atomic mass is 9.98. The van der Waals surface area contributed by atoms with Crippen LogP contribution in [-0.2, 0) is 0 Å². The van der Waals surface area contributed by atoms with Crippen molar-refractivity contribution in [2.45, 2.75) is 6.04 Å². The van der Waals surface area contributed by atoms with Crippen LogP contribution in [0.15, 0.2) is 56.0 Å². The molecule has 1 aromatic heterocycles. The lowest BCUT2D eigenvalue weighted by Gasteiger charge is -2.18. The van der Waals surface area contributed by atoms with Crippen molar-refractivity contribution in [1.82, 2.24) is 0 Å². The highest BCUT2D eigenvalue weighted by atomic mass is 35.5. The number of aliphatic imine (C=N–C) groups is 3. The Labute approximate surface area is 119 Å². The molecule has 1 unspecified atom stereocenters. The van der Waals surface area contributed by atoms with E-state index in [0.29, 0.717) is 22.5 Å². The van der Waals surface area contributed by atoms with Gasteiger partial charge in [-0.2, -0.15) is 0 Å². The van der Waals surface area contributed by atoms with E-state index in [1.54, 1.807) is 18.4 Å². The van der Waals surface area contributed by atoms with Crippen LogP contribution < -0.4 is 5.73 Å². The fourth-order valence-electron chi connectivity index (χ4n) is 2.34. The molecule has 2 N–H and O–H groups in total. The molecule has 0 amide bonds. The Morgan fingerprint density at radius 2 is 2.10 bits per heavy atom. The topological polar surface area (TPSA) is 76.2 Å². The van der Waals surface area contributed by atoms with Gasteiger partial charge in [-0.3, -0.25) is 0 Å². The molecule has 2 aromatic rings. The second-order valence-corrected chi connectivity index (χ2v) is 4.96. The van der Waals surface area contributed by atoms with E-state index in [1.165, 1.54) is 0 Å². The smallest absolute Gasteiger partial charge is 0.192 e. The number of halogens is 1. The van der Waals surface area contributed by atoms with Gasteiger partial charge in [-0.05, 0) is 30.3 Å². The van der Waals surface area contributed by atoms with Gasteiger partial charge in [0.25, 0.3) is 0 Å². The van der Waals surface area contributed by atoms with Crippen molar-refractivity contribution in [3.63, 3.8) is 0 Å². The van der Waals surface area contributed by atoms with Crippen LogP contribution in [0.25, 0.3) is 0 Å². The fraction of sp³-hybridized carbons (Fsp3) is 0.0714. The van der Waals surface area contributed by atoms with Gasteiger partial charge >= 0.3 is 0 Å². The maximum Gasteiger partial charge on any atom is 0.192 e. The molecule has 2 aliphatic heterocycles. The van der Waals surface area contributed by atoms with E-state index in [2.05, 4.69) is 15.0 Å². The molecule has 6 heteroatoms. The summed E-state index contributed by atoms with van der Waals surface area (Å²) >= 11 is 6.05. The van der Waals surface area contributed by atoms with E-state index in [0.717, 1.165) is 17.0 Å². The minimum absolute atomic E-state index is 0.360. The van der Waals surface area contributed by atoms with Crippen LogP contribution in [0, 0.1) is 0 Å².